The number of hydrogen-bond donors (Lipinski definition) is 12. The summed E-state index contributed by atoms with van der Waals surface area (Å²) in [6, 6.07) is 27.8. The van der Waals surface area contributed by atoms with Gasteiger partial charge in [0, 0.05) is 25.9 Å². The van der Waals surface area contributed by atoms with Gasteiger partial charge in [-0.2, -0.15) is 0 Å². The Balaban J connectivity index is 0.00000819. The minimum Gasteiger partial charge on any atom is -0.355 e. The first kappa shape index (κ1) is 72.0. The third-order valence-electron chi connectivity index (χ3n) is 14.4. The van der Waals surface area contributed by atoms with Crippen LogP contribution >= 0.6 is 0 Å². The third kappa shape index (κ3) is 27.0. The highest BCUT2D eigenvalue weighted by Gasteiger charge is 2.34. The fourth-order valence-corrected chi connectivity index (χ4v) is 9.74. The van der Waals surface area contributed by atoms with Crippen molar-refractivity contribution in [2.45, 2.75) is 167 Å². The van der Waals surface area contributed by atoms with Crippen LogP contribution in [0.2, 0.25) is 0 Å². The Morgan fingerprint density at radius 2 is 0.705 bits per heavy atom. The zero-order chi connectivity index (χ0) is 64.4. The van der Waals surface area contributed by atoms with E-state index in [1.165, 1.54) is 0 Å². The molecule has 1 aliphatic heterocycles. The van der Waals surface area contributed by atoms with Crippen LogP contribution in [0.15, 0.2) is 121 Å². The van der Waals surface area contributed by atoms with Crippen LogP contribution in [-0.4, -0.2) is 134 Å². The van der Waals surface area contributed by atoms with Crippen molar-refractivity contribution >= 4 is 59.1 Å². The lowest BCUT2D eigenvalue weighted by molar-refractivity contribution is -0.134. The summed E-state index contributed by atoms with van der Waals surface area (Å²) >= 11 is 0. The van der Waals surface area contributed by atoms with Crippen LogP contribution in [0.25, 0.3) is 0 Å². The molecular formula is C66H94N12O10. The topological polar surface area (TPSA) is 343 Å². The third-order valence-corrected chi connectivity index (χ3v) is 14.4. The van der Waals surface area contributed by atoms with Gasteiger partial charge in [0.2, 0.25) is 59.1 Å². The normalized spacial score (nSPS) is 17.6. The lowest BCUT2D eigenvalue weighted by Gasteiger charge is -2.27. The molecular weight excluding hydrogens is 1120 g/mol. The maximum atomic E-state index is 14.2. The van der Waals surface area contributed by atoms with Crippen molar-refractivity contribution in [2.75, 3.05) is 26.2 Å². The number of amides is 10. The summed E-state index contributed by atoms with van der Waals surface area (Å²) in [4.78, 5) is 138. The number of hydrogen-bond acceptors (Lipinski definition) is 12. The minimum atomic E-state index is -1.16. The number of rotatable bonds is 24. The fraction of sp³-hybridized carbons (Fsp3) is 0.485. The predicted molar refractivity (Wildman–Crippen MR) is 338 cm³/mol. The number of nitrogens with two attached hydrogens (primary N) is 2. The molecule has 1 heterocycles. The van der Waals surface area contributed by atoms with Gasteiger partial charge in [0.25, 0.3) is 0 Å². The molecule has 0 aliphatic carbocycles. The molecule has 22 nitrogen and oxygen atoms in total. The summed E-state index contributed by atoms with van der Waals surface area (Å²) in [7, 11) is 0. The zero-order valence-electron chi connectivity index (χ0n) is 51.9. The average molecular weight is 1220 g/mol. The number of benzene rings is 4. The first-order valence-corrected chi connectivity index (χ1v) is 30.8. The van der Waals surface area contributed by atoms with E-state index >= 15 is 0 Å². The van der Waals surface area contributed by atoms with Crippen LogP contribution in [0.4, 0.5) is 0 Å². The second-order valence-electron chi connectivity index (χ2n) is 22.7. The maximum Gasteiger partial charge on any atom is 0.243 e. The predicted octanol–water partition coefficient (Wildman–Crippen LogP) is 2.46. The van der Waals surface area contributed by atoms with Gasteiger partial charge < -0.3 is 64.6 Å². The molecule has 10 amide bonds. The van der Waals surface area contributed by atoms with Crippen molar-refractivity contribution in [3.8, 4) is 0 Å². The smallest absolute Gasteiger partial charge is 0.243 e. The number of nitrogens with one attached hydrogen (secondary N) is 10. The van der Waals surface area contributed by atoms with Gasteiger partial charge in [-0.05, 0) is 98.3 Å². The van der Waals surface area contributed by atoms with Crippen LogP contribution < -0.4 is 64.6 Å². The summed E-state index contributed by atoms with van der Waals surface area (Å²) in [6.07, 6.45) is 2.40. The van der Waals surface area contributed by atoms with Crippen molar-refractivity contribution < 1.29 is 47.9 Å². The van der Waals surface area contributed by atoms with Gasteiger partial charge in [-0.25, -0.2) is 0 Å². The second-order valence-corrected chi connectivity index (χ2v) is 22.7. The lowest BCUT2D eigenvalue weighted by Crippen LogP contribution is -2.58. The Kier molecular flexibility index (Phi) is 32.2. The summed E-state index contributed by atoms with van der Waals surface area (Å²) in [5.74, 6) is -6.29. The Labute approximate surface area is 518 Å². The molecule has 14 N–H and O–H groups in total. The van der Waals surface area contributed by atoms with Gasteiger partial charge >= 0.3 is 0 Å². The SMILES string of the molecule is CC.CC(C)C[C@@H](NC(=O)[C@@H](Cc1ccccc1)NC(=O)[C@H](N)Cc1ccccc1)C(=O)N[C@@H]1CCCCNC(=O)CNC(=O)[C@H](NC(=O)[C@@H](CC(C)C)NC(=O)[C@@H](Cc2ccccc2)NC(=O)[C@H](N)Cc2ccccc2)CCCCNC(=O)CNC1=O. The monoisotopic (exact) mass is 1210 g/mol. The highest BCUT2D eigenvalue weighted by Crippen LogP contribution is 2.14. The van der Waals surface area contributed by atoms with Crippen molar-refractivity contribution in [1.29, 1.82) is 0 Å². The van der Waals surface area contributed by atoms with E-state index in [0.29, 0.717) is 25.7 Å². The van der Waals surface area contributed by atoms with E-state index in [9.17, 15) is 47.9 Å². The van der Waals surface area contributed by atoms with E-state index < -0.39 is 120 Å². The van der Waals surface area contributed by atoms with Gasteiger partial charge in [-0.15, -0.1) is 0 Å². The van der Waals surface area contributed by atoms with Gasteiger partial charge in [0.1, 0.15) is 36.3 Å². The molecule has 4 aromatic rings. The molecule has 0 radical (unpaired) electrons. The minimum absolute atomic E-state index is 0.0744. The summed E-state index contributed by atoms with van der Waals surface area (Å²) < 4.78 is 0. The van der Waals surface area contributed by atoms with Crippen molar-refractivity contribution in [3.63, 3.8) is 0 Å². The molecule has 1 aliphatic rings. The fourth-order valence-electron chi connectivity index (χ4n) is 9.74. The van der Waals surface area contributed by atoms with Crippen LogP contribution in [0.3, 0.4) is 0 Å². The largest absolute Gasteiger partial charge is 0.355 e. The molecule has 1 saturated heterocycles. The first-order chi connectivity index (χ1) is 42.2. The molecule has 0 spiro atoms. The van der Waals surface area contributed by atoms with Gasteiger partial charge in [0.05, 0.1) is 25.2 Å². The molecule has 22 heteroatoms. The summed E-state index contributed by atoms with van der Waals surface area (Å²) in [6.45, 7) is 10.8. The van der Waals surface area contributed by atoms with E-state index in [1.807, 2.05) is 139 Å². The molecule has 5 rings (SSSR count). The van der Waals surface area contributed by atoms with Crippen LogP contribution in [0.1, 0.15) is 115 Å². The number of carbonyl (C=O) groups excluding carboxylic acids is 10. The van der Waals surface area contributed by atoms with Crippen LogP contribution in [0, 0.1) is 11.8 Å². The van der Waals surface area contributed by atoms with E-state index in [1.54, 1.807) is 24.3 Å². The summed E-state index contributed by atoms with van der Waals surface area (Å²) in [5, 5.41) is 27.5. The Morgan fingerprint density at radius 1 is 0.409 bits per heavy atom. The lowest BCUT2D eigenvalue weighted by atomic mass is 9.99. The molecule has 0 unspecified atom stereocenters. The molecule has 8 atom stereocenters. The molecule has 1 fully saturated rings. The van der Waals surface area contributed by atoms with E-state index in [0.717, 1.165) is 22.3 Å². The summed E-state index contributed by atoms with van der Waals surface area (Å²) in [5.41, 5.74) is 15.8. The van der Waals surface area contributed by atoms with Crippen molar-refractivity contribution in [1.82, 2.24) is 53.2 Å². The van der Waals surface area contributed by atoms with E-state index in [-0.39, 0.29) is 76.3 Å². The Morgan fingerprint density at radius 3 is 1.01 bits per heavy atom. The standard InChI is InChI=1S/C64H88N12O10.C2H6/c1-41(2)33-51(75-63(85)53(37-45-25-13-7-14-26-45)73-57(79)47(65)35-43-21-9-5-10-22-43)61(83)71-49-29-17-19-31-67-56(78)40-70-60(82)50(30-18-20-32-68-55(77)39-69-59(49)81)72-62(84)52(34-42(3)4)76-64(86)54(38-46-27-15-8-16-28-46)74-58(80)48(66)36-44-23-11-6-12-24-44;1-2/h5-16,21-28,41-42,47-54H,17-20,29-40,65-66H2,1-4H3,(H,67,78)(H,68,77)(H,69,81)(H,70,82)(H,71,83)(H,72,84)(H,73,79)(H,74,80)(H,75,85)(H,76,86);1-2H3/t47-,48-,49-,50-,51-,52-,53-,54-;/m1./s1. The molecule has 0 saturated carbocycles. The second kappa shape index (κ2) is 39.3. The van der Waals surface area contributed by atoms with Crippen LogP contribution in [-0.2, 0) is 73.6 Å². The molecule has 0 bridgehead atoms. The first-order valence-electron chi connectivity index (χ1n) is 30.8. The molecule has 478 valence electrons. The molecule has 88 heavy (non-hydrogen) atoms. The Hall–Kier alpha value is -8.50. The zero-order valence-corrected chi connectivity index (χ0v) is 51.9. The van der Waals surface area contributed by atoms with Crippen LogP contribution in [0.5, 0.6) is 0 Å². The molecule has 0 aromatic heterocycles. The van der Waals surface area contributed by atoms with E-state index in [2.05, 4.69) is 53.2 Å². The quantitative estimate of drug-likeness (QED) is 0.0482. The molecule has 4 aromatic carbocycles. The van der Waals surface area contributed by atoms with Crippen molar-refractivity contribution in [2.24, 2.45) is 23.3 Å². The van der Waals surface area contributed by atoms with Gasteiger partial charge in [0.15, 0.2) is 0 Å². The van der Waals surface area contributed by atoms with E-state index in [4.69, 9.17) is 11.5 Å². The highest BCUT2D eigenvalue weighted by molar-refractivity contribution is 5.97. The van der Waals surface area contributed by atoms with Gasteiger partial charge in [-0.1, -0.05) is 163 Å². The Bertz CT molecular complexity index is 2640. The van der Waals surface area contributed by atoms with Gasteiger partial charge in [-0.3, -0.25) is 47.9 Å². The van der Waals surface area contributed by atoms with Crippen molar-refractivity contribution in [3.05, 3.63) is 144 Å². The average Bonchev–Trinajstić information content (AvgIpc) is 3.52. The maximum absolute atomic E-state index is 14.2. The number of carbonyl (C=O) groups is 10. The highest BCUT2D eigenvalue weighted by atomic mass is 16.2.